The van der Waals surface area contributed by atoms with Crippen molar-refractivity contribution in [1.82, 2.24) is 16.0 Å². The summed E-state index contributed by atoms with van der Waals surface area (Å²) in [6.45, 7) is 4.63. The molecule has 6 N–H and O–H groups in total. The van der Waals surface area contributed by atoms with Crippen LogP contribution in [0.5, 0.6) is 0 Å². The summed E-state index contributed by atoms with van der Waals surface area (Å²) in [4.78, 5) is 47.3. The Labute approximate surface area is 164 Å². The number of benzene rings is 1. The lowest BCUT2D eigenvalue weighted by Gasteiger charge is -2.19. The van der Waals surface area contributed by atoms with Crippen molar-refractivity contribution < 1.29 is 24.3 Å². The number of carboxylic acids is 1. The first-order chi connectivity index (χ1) is 13.1. The molecule has 0 aliphatic heterocycles. The van der Waals surface area contributed by atoms with Crippen LogP contribution in [0.15, 0.2) is 30.3 Å². The molecule has 0 saturated heterocycles. The summed E-state index contributed by atoms with van der Waals surface area (Å²) >= 11 is 0. The molecular weight excluding hydrogens is 364 g/mol. The molecule has 28 heavy (non-hydrogen) atoms. The van der Waals surface area contributed by atoms with E-state index in [-0.39, 0.29) is 12.3 Å². The van der Waals surface area contributed by atoms with Gasteiger partial charge < -0.3 is 26.8 Å². The van der Waals surface area contributed by atoms with Gasteiger partial charge in [0, 0.05) is 6.42 Å². The third-order valence-corrected chi connectivity index (χ3v) is 4.11. The van der Waals surface area contributed by atoms with Crippen molar-refractivity contribution in [3.63, 3.8) is 0 Å². The maximum Gasteiger partial charge on any atom is 0.326 e. The Kier molecular flexibility index (Phi) is 9.10. The molecule has 3 amide bonds. The molecule has 1 rings (SSSR count). The van der Waals surface area contributed by atoms with E-state index in [4.69, 9.17) is 5.73 Å². The molecule has 3 unspecified atom stereocenters. The third-order valence-electron chi connectivity index (χ3n) is 4.11. The fraction of sp³-hybridized carbons (Fsp3) is 0.474. The van der Waals surface area contributed by atoms with E-state index < -0.39 is 48.4 Å². The molecule has 0 saturated carbocycles. The maximum atomic E-state index is 12.0. The van der Waals surface area contributed by atoms with Gasteiger partial charge in [-0.05, 0) is 18.4 Å². The molecule has 0 spiro atoms. The Bertz CT molecular complexity index is 693. The van der Waals surface area contributed by atoms with Gasteiger partial charge in [0.15, 0.2) is 0 Å². The van der Waals surface area contributed by atoms with E-state index >= 15 is 0 Å². The molecule has 0 bridgehead atoms. The fourth-order valence-corrected chi connectivity index (χ4v) is 2.29. The van der Waals surface area contributed by atoms with Gasteiger partial charge in [-0.1, -0.05) is 44.2 Å². The lowest BCUT2D eigenvalue weighted by atomic mass is 10.0. The predicted molar refractivity (Wildman–Crippen MR) is 103 cm³/mol. The van der Waals surface area contributed by atoms with Gasteiger partial charge in [0.1, 0.15) is 12.1 Å². The summed E-state index contributed by atoms with van der Waals surface area (Å²) in [7, 11) is 0. The van der Waals surface area contributed by atoms with Crippen LogP contribution in [0.25, 0.3) is 0 Å². The average molecular weight is 392 g/mol. The van der Waals surface area contributed by atoms with E-state index in [1.54, 1.807) is 44.2 Å². The van der Waals surface area contributed by atoms with Gasteiger partial charge in [-0.15, -0.1) is 0 Å². The third kappa shape index (κ3) is 7.75. The van der Waals surface area contributed by atoms with E-state index in [1.165, 1.54) is 6.92 Å². The first-order valence-corrected chi connectivity index (χ1v) is 9.01. The second kappa shape index (κ2) is 11.0. The summed E-state index contributed by atoms with van der Waals surface area (Å²) in [6, 6.07) is 6.13. The van der Waals surface area contributed by atoms with Gasteiger partial charge in [0.25, 0.3) is 0 Å². The first-order valence-electron chi connectivity index (χ1n) is 9.01. The summed E-state index contributed by atoms with van der Waals surface area (Å²) in [6.07, 6.45) is 0.120. The lowest BCUT2D eigenvalue weighted by molar-refractivity contribution is -0.141. The number of rotatable bonds is 10. The Balaban J connectivity index is 2.49. The van der Waals surface area contributed by atoms with Gasteiger partial charge >= 0.3 is 5.97 Å². The van der Waals surface area contributed by atoms with Crippen molar-refractivity contribution >= 4 is 23.7 Å². The molecule has 0 aromatic heterocycles. The van der Waals surface area contributed by atoms with Crippen molar-refractivity contribution in [3.8, 4) is 0 Å². The van der Waals surface area contributed by atoms with Gasteiger partial charge in [-0.3, -0.25) is 14.4 Å². The van der Waals surface area contributed by atoms with Crippen molar-refractivity contribution in [2.45, 2.75) is 45.3 Å². The SMILES string of the molecule is CC(NC(=O)C(N)C(C)C)C(=O)NCC(=O)NC(Cc1ccccc1)C(=O)O. The predicted octanol–water partition coefficient (Wildman–Crippen LogP) is -0.597. The highest BCUT2D eigenvalue weighted by atomic mass is 16.4. The highest BCUT2D eigenvalue weighted by Crippen LogP contribution is 2.03. The number of carboxylic acid groups (broad SMARTS) is 1. The van der Waals surface area contributed by atoms with Crippen molar-refractivity contribution in [2.24, 2.45) is 11.7 Å². The molecule has 0 aliphatic carbocycles. The number of carbonyl (C=O) groups is 4. The average Bonchev–Trinajstić information content (AvgIpc) is 2.65. The van der Waals surface area contributed by atoms with Crippen molar-refractivity contribution in [1.29, 1.82) is 0 Å². The molecular formula is C19H28N4O5. The second-order valence-electron chi connectivity index (χ2n) is 6.87. The van der Waals surface area contributed by atoms with E-state index in [0.29, 0.717) is 0 Å². The normalized spacial score (nSPS) is 13.9. The monoisotopic (exact) mass is 392 g/mol. The molecule has 3 atom stereocenters. The molecule has 1 aromatic rings. The molecule has 1 aromatic carbocycles. The Morgan fingerprint density at radius 1 is 1.00 bits per heavy atom. The molecule has 0 radical (unpaired) electrons. The smallest absolute Gasteiger partial charge is 0.326 e. The fourth-order valence-electron chi connectivity index (χ4n) is 2.29. The van der Waals surface area contributed by atoms with Crippen LogP contribution in [0.3, 0.4) is 0 Å². The zero-order valence-electron chi connectivity index (χ0n) is 16.3. The largest absolute Gasteiger partial charge is 0.480 e. The quantitative estimate of drug-likeness (QED) is 0.359. The standard InChI is InChI=1S/C19H28N4O5/c1-11(2)16(20)18(26)22-12(3)17(25)21-10-15(24)23-14(19(27)28)9-13-7-5-4-6-8-13/h4-8,11-12,14,16H,9-10,20H2,1-3H3,(H,21,25)(H,22,26)(H,23,24)(H,27,28). The van der Waals surface area contributed by atoms with E-state index in [2.05, 4.69) is 16.0 Å². The number of nitrogens with two attached hydrogens (primary N) is 1. The van der Waals surface area contributed by atoms with E-state index in [0.717, 1.165) is 5.56 Å². The Hall–Kier alpha value is -2.94. The van der Waals surface area contributed by atoms with Crippen LogP contribution in [0.1, 0.15) is 26.3 Å². The highest BCUT2D eigenvalue weighted by molar-refractivity contribution is 5.92. The van der Waals surface area contributed by atoms with Crippen LogP contribution in [0.2, 0.25) is 0 Å². The zero-order chi connectivity index (χ0) is 21.3. The number of carbonyl (C=O) groups excluding carboxylic acids is 3. The lowest BCUT2D eigenvalue weighted by Crippen LogP contribution is -2.53. The molecule has 154 valence electrons. The van der Waals surface area contributed by atoms with Crippen LogP contribution < -0.4 is 21.7 Å². The van der Waals surface area contributed by atoms with Gasteiger partial charge in [0.2, 0.25) is 17.7 Å². The van der Waals surface area contributed by atoms with E-state index in [1.807, 2.05) is 0 Å². The van der Waals surface area contributed by atoms with Crippen molar-refractivity contribution in [3.05, 3.63) is 35.9 Å². The number of hydrogen-bond acceptors (Lipinski definition) is 5. The van der Waals surface area contributed by atoms with Crippen LogP contribution >= 0.6 is 0 Å². The maximum absolute atomic E-state index is 12.0. The topological polar surface area (TPSA) is 151 Å². The van der Waals surface area contributed by atoms with Crippen molar-refractivity contribution in [2.75, 3.05) is 6.54 Å². The minimum atomic E-state index is -1.17. The Morgan fingerprint density at radius 2 is 1.61 bits per heavy atom. The number of nitrogens with one attached hydrogen (secondary N) is 3. The molecule has 9 nitrogen and oxygen atoms in total. The first kappa shape index (κ1) is 23.1. The summed E-state index contributed by atoms with van der Waals surface area (Å²) in [5, 5.41) is 16.5. The summed E-state index contributed by atoms with van der Waals surface area (Å²) in [5.74, 6) is -2.94. The minimum absolute atomic E-state index is 0.0846. The Morgan fingerprint density at radius 3 is 2.14 bits per heavy atom. The zero-order valence-corrected chi connectivity index (χ0v) is 16.3. The molecule has 0 aliphatic rings. The highest BCUT2D eigenvalue weighted by Gasteiger charge is 2.23. The second-order valence-corrected chi connectivity index (χ2v) is 6.87. The summed E-state index contributed by atoms with van der Waals surface area (Å²) in [5.41, 5.74) is 6.47. The van der Waals surface area contributed by atoms with Crippen LogP contribution in [0, 0.1) is 5.92 Å². The molecule has 9 heteroatoms. The molecule has 0 heterocycles. The van der Waals surface area contributed by atoms with Gasteiger partial charge in [-0.2, -0.15) is 0 Å². The van der Waals surface area contributed by atoms with Crippen LogP contribution in [0.4, 0.5) is 0 Å². The van der Waals surface area contributed by atoms with Crippen LogP contribution in [-0.2, 0) is 25.6 Å². The van der Waals surface area contributed by atoms with Gasteiger partial charge in [-0.25, -0.2) is 4.79 Å². The molecule has 0 fully saturated rings. The number of aliphatic carboxylic acids is 1. The van der Waals surface area contributed by atoms with Gasteiger partial charge in [0.05, 0.1) is 12.6 Å². The number of amides is 3. The summed E-state index contributed by atoms with van der Waals surface area (Å²) < 4.78 is 0. The van der Waals surface area contributed by atoms with E-state index in [9.17, 15) is 24.3 Å². The van der Waals surface area contributed by atoms with Crippen LogP contribution in [-0.4, -0.2) is 53.5 Å². The number of hydrogen-bond donors (Lipinski definition) is 5. The minimum Gasteiger partial charge on any atom is -0.480 e.